The average Bonchev–Trinajstić information content (AvgIpc) is 0.807. The van der Waals surface area contributed by atoms with Crippen LogP contribution in [-0.2, 0) is 19.0 Å². The van der Waals surface area contributed by atoms with Gasteiger partial charge < -0.3 is 69.9 Å². The number of likely N-dealkylation sites (N-methyl/N-ethyl adjacent to an activating group) is 3. The topological polar surface area (TPSA) is 196 Å². The minimum atomic E-state index is -2.38. The number of likely N-dealkylation sites (tertiary alicyclic amines) is 4. The Balaban J connectivity index is 0.00000110. The molecule has 13 rings (SSSR count). The highest BCUT2D eigenvalue weighted by Gasteiger charge is 2.47. The zero-order valence-electron chi connectivity index (χ0n) is 69.0. The van der Waals surface area contributed by atoms with E-state index in [1.165, 1.54) is 68.6 Å². The lowest BCUT2D eigenvalue weighted by atomic mass is 9.79. The number of morpholine rings is 1. The molecule has 0 bridgehead atoms. The number of aliphatic hydroxyl groups is 1. The van der Waals surface area contributed by atoms with E-state index in [1.54, 1.807) is 43.5 Å². The van der Waals surface area contributed by atoms with Crippen molar-refractivity contribution in [3.63, 3.8) is 0 Å². The number of nitrogens with one attached hydrogen (secondary N) is 3. The Hall–Kier alpha value is -3.86. The quantitative estimate of drug-likeness (QED) is 0.117. The number of thiazole rings is 1. The number of carbonyl (C=O) groups excluding carboxylic acids is 1. The van der Waals surface area contributed by atoms with Crippen molar-refractivity contribution in [3.05, 3.63) is 53.0 Å². The standard InChI is InChI=1S/C8H14.C7H14N2.C7H15NO.C7H11N.C7H14O.C6H12FN.C6H11NO.C5H9F2N.2C5H11NO.C5H6O.C4H7F2N.C4H5NS.C4H9N/c1-5-7-8(3,4)6-2;1-7-3-5-9(2)6-4-8-7;1-4-5-7(2,3)6(8)9;1-7(6-8)4-2-3-5-7;1-3-4-7(2)5-8-6-7;1-6(7)3-4-8(2)5-6;1-7-2-6(3-7)4-8-5-6;1-8-4-2-5(6,7)3-4;1-5(7)3-6(2)4-5;1-6-2-4-7-5-3-6;1-5-3-2-4-6-5;1-7-2-4(5,6)3-7;1-4-2-5-3-6-4;1-5-4-2-3-4/h2H,5,7H2,1,3-4H3;8H,1,3-6H2,2H3;4-5H2,1-3H3,(H2,8,9);2-5H2,1H3;3-6H2,1-2H3;3-5H2,1-2H3;2-5H2,1H3;4,8H,2-3H2,1H3;7H,3-4H2,1-2H3;2-5H2,1H3;2-4H,1H3;2-3H2,1H3;2-3H,1H3;4-5H,2-3H2,1H3. The summed E-state index contributed by atoms with van der Waals surface area (Å²) in [6.07, 6.45) is 24.9. The van der Waals surface area contributed by atoms with E-state index >= 15 is 0 Å². The second-order valence-electron chi connectivity index (χ2n) is 33.1. The van der Waals surface area contributed by atoms with Gasteiger partial charge in [-0.25, -0.2) is 22.0 Å². The van der Waals surface area contributed by atoms with Gasteiger partial charge in [0, 0.05) is 135 Å². The SMILES string of the molecule is C#CC(C)(C)CCC.C=C1CCN(C)CCN1.CC1(C#N)CCCC1.CCCC(C)(C)C(N)=O.CCCC1(C)COC1.CN1CC(C)(O)C1.CN1CC(F)(F)C1.CN1CC2(COC2)C1.CN1CCC(C)(F)C1.CN1CCOCC1.CNC1CC(F)(F)C1.CNC1CC1.Cc1ccco1.Cc1cncs1. The van der Waals surface area contributed by atoms with Crippen LogP contribution in [0.3, 0.4) is 0 Å². The number of terminal acetylenes is 1. The summed E-state index contributed by atoms with van der Waals surface area (Å²) in [5.74, 6) is -1.24. The lowest BCUT2D eigenvalue weighted by Gasteiger charge is -2.53. The predicted molar refractivity (Wildman–Crippen MR) is 421 cm³/mol. The number of aryl methyl sites for hydroxylation is 2. The lowest BCUT2D eigenvalue weighted by Crippen LogP contribution is -2.64. The van der Waals surface area contributed by atoms with Crippen LogP contribution in [0.25, 0.3) is 0 Å². The molecule has 18 nitrogen and oxygen atoms in total. The number of carbonyl (C=O) groups is 1. The number of amides is 1. The number of β-amino-alcohol motifs (C(OH)–C–C–N with tert-alkyl or cyclic N) is 1. The molecule has 2 aromatic heterocycles. The van der Waals surface area contributed by atoms with Gasteiger partial charge in [0.2, 0.25) is 5.91 Å². The number of furan rings is 1. The van der Waals surface area contributed by atoms with Gasteiger partial charge in [0.25, 0.3) is 11.8 Å². The van der Waals surface area contributed by atoms with Gasteiger partial charge in [0.15, 0.2) is 0 Å². The molecule has 104 heavy (non-hydrogen) atoms. The molecule has 2 aromatic rings. The number of hydrogen-bond donors (Lipinski definition) is 5. The van der Waals surface area contributed by atoms with Gasteiger partial charge in [0.05, 0.1) is 81.6 Å². The molecular weight excluding hydrogens is 1350 g/mol. The number of aromatic nitrogens is 1. The molecule has 0 radical (unpaired) electrons. The fourth-order valence-electron chi connectivity index (χ4n) is 12.1. The summed E-state index contributed by atoms with van der Waals surface area (Å²) in [6, 6.07) is 7.07. The van der Waals surface area contributed by atoms with Crippen LogP contribution in [0.5, 0.6) is 0 Å². The van der Waals surface area contributed by atoms with Crippen molar-refractivity contribution in [2.24, 2.45) is 32.8 Å². The normalized spacial score (nSPS) is 23.3. The van der Waals surface area contributed by atoms with E-state index in [0.29, 0.717) is 23.8 Å². The Kier molecular flexibility index (Phi) is 48.9. The number of nitrogens with zero attached hydrogens (tertiary/aromatic N) is 8. The van der Waals surface area contributed by atoms with E-state index in [4.69, 9.17) is 41.2 Å². The third-order valence-electron chi connectivity index (χ3n) is 19.0. The summed E-state index contributed by atoms with van der Waals surface area (Å²) in [4.78, 5) is 28.3. The number of rotatable bonds is 9. The second-order valence-corrected chi connectivity index (χ2v) is 34.2. The molecule has 8 aliphatic heterocycles. The third-order valence-corrected chi connectivity index (χ3v) is 19.7. The highest BCUT2D eigenvalue weighted by molar-refractivity contribution is 7.09. The van der Waals surface area contributed by atoms with Gasteiger partial charge in [-0.3, -0.25) is 14.7 Å². The molecule has 1 amide bonds. The van der Waals surface area contributed by atoms with Crippen molar-refractivity contribution in [3.8, 4) is 18.4 Å². The molecule has 3 saturated carbocycles. The molecule has 1 atom stereocenters. The van der Waals surface area contributed by atoms with Gasteiger partial charge in [-0.1, -0.05) is 80.2 Å². The van der Waals surface area contributed by atoms with Crippen LogP contribution < -0.4 is 21.7 Å². The molecule has 0 aromatic carbocycles. The summed E-state index contributed by atoms with van der Waals surface area (Å²) in [5.41, 5.74) is 7.86. The zero-order chi connectivity index (χ0) is 79.5. The summed E-state index contributed by atoms with van der Waals surface area (Å²) in [7, 11) is 15.8. The first-order valence-corrected chi connectivity index (χ1v) is 39.0. The van der Waals surface area contributed by atoms with Crippen LogP contribution in [0.15, 0.2) is 46.8 Å². The van der Waals surface area contributed by atoms with Crippen LogP contribution >= 0.6 is 11.3 Å². The Labute approximate surface area is 633 Å². The first kappa shape index (κ1) is 100. The monoisotopic (exact) mass is 1500 g/mol. The molecule has 10 heterocycles. The summed E-state index contributed by atoms with van der Waals surface area (Å²) >= 11 is 1.67. The number of ether oxygens (including phenoxy) is 3. The van der Waals surface area contributed by atoms with E-state index in [2.05, 4.69) is 122 Å². The maximum Gasteiger partial charge on any atom is 0.272 e. The fourth-order valence-corrected chi connectivity index (χ4v) is 12.5. The number of nitrogens with two attached hydrogens (primary N) is 1. The molecule has 6 N–H and O–H groups in total. The van der Waals surface area contributed by atoms with Gasteiger partial charge in [-0.2, -0.15) is 5.26 Å². The molecule has 1 spiro atoms. The lowest BCUT2D eigenvalue weighted by molar-refractivity contribution is -0.182. The summed E-state index contributed by atoms with van der Waals surface area (Å²) < 4.78 is 80.3. The second kappa shape index (κ2) is 50.8. The fraction of sp³-hybridized carbons (Fsp3) is 0.838. The Morgan fingerprint density at radius 3 is 1.44 bits per heavy atom. The first-order valence-electron chi connectivity index (χ1n) is 38.1. The number of nitriles is 1. The molecule has 11 fully saturated rings. The van der Waals surface area contributed by atoms with Crippen LogP contribution in [-0.4, -0.2) is 262 Å². The van der Waals surface area contributed by atoms with Gasteiger partial charge >= 0.3 is 0 Å². The Bertz CT molecular complexity index is 2500. The maximum atomic E-state index is 12.8. The highest BCUT2D eigenvalue weighted by Crippen LogP contribution is 2.38. The van der Waals surface area contributed by atoms with Crippen molar-refractivity contribution in [1.82, 2.24) is 50.3 Å². The molecule has 606 valence electrons. The number of hydrogen-bond acceptors (Lipinski definition) is 18. The van der Waals surface area contributed by atoms with Crippen molar-refractivity contribution in [2.75, 3.05) is 181 Å². The minimum absolute atomic E-state index is 0.0174. The molecule has 1 unspecified atom stereocenters. The third kappa shape index (κ3) is 50.0. The van der Waals surface area contributed by atoms with Crippen LogP contribution in [0.2, 0.25) is 0 Å². The maximum absolute atomic E-state index is 12.8. The van der Waals surface area contributed by atoms with Crippen molar-refractivity contribution < 1.29 is 50.5 Å². The van der Waals surface area contributed by atoms with E-state index in [-0.39, 0.29) is 59.7 Å². The minimum Gasteiger partial charge on any atom is -0.470 e. The molecule has 24 heteroatoms. The van der Waals surface area contributed by atoms with Crippen LogP contribution in [0, 0.1) is 64.6 Å². The van der Waals surface area contributed by atoms with Crippen molar-refractivity contribution >= 4 is 17.2 Å². The van der Waals surface area contributed by atoms with Crippen molar-refractivity contribution in [1.29, 1.82) is 5.26 Å². The molecule has 3 aliphatic carbocycles. The van der Waals surface area contributed by atoms with Gasteiger partial charge in [-0.05, 0) is 175 Å². The average molecular weight is 1500 g/mol. The van der Waals surface area contributed by atoms with E-state index in [0.717, 1.165) is 142 Å². The van der Waals surface area contributed by atoms with E-state index in [1.807, 2.05) is 91.4 Å². The highest BCUT2D eigenvalue weighted by atomic mass is 32.1. The molecule has 11 aliphatic rings. The number of primary amides is 1. The first-order chi connectivity index (χ1) is 48.3. The summed E-state index contributed by atoms with van der Waals surface area (Å²) in [6.45, 7) is 47.0. The van der Waals surface area contributed by atoms with Crippen molar-refractivity contribution in [2.45, 2.75) is 228 Å². The van der Waals surface area contributed by atoms with Gasteiger partial charge in [-0.15, -0.1) is 23.7 Å². The van der Waals surface area contributed by atoms with E-state index in [9.17, 15) is 26.7 Å². The zero-order valence-corrected chi connectivity index (χ0v) is 69.8. The molecular formula is C80H149F5N12O6S. The number of halogens is 5. The van der Waals surface area contributed by atoms with Crippen LogP contribution in [0.4, 0.5) is 22.0 Å². The van der Waals surface area contributed by atoms with Crippen LogP contribution in [0.1, 0.15) is 190 Å². The Morgan fingerprint density at radius 2 is 1.26 bits per heavy atom. The predicted octanol–water partition coefficient (Wildman–Crippen LogP) is 13.7. The smallest absolute Gasteiger partial charge is 0.272 e. The molecule has 8 saturated heterocycles. The summed E-state index contributed by atoms with van der Waals surface area (Å²) in [5, 5.41) is 26.8. The number of alkyl halides is 5. The Morgan fingerprint density at radius 1 is 0.731 bits per heavy atom. The van der Waals surface area contributed by atoms with Gasteiger partial charge in [0.1, 0.15) is 11.4 Å². The largest absolute Gasteiger partial charge is 0.470 e. The van der Waals surface area contributed by atoms with E-state index < -0.39 is 17.5 Å².